The van der Waals surface area contributed by atoms with Gasteiger partial charge in [0, 0.05) is 32.6 Å². The van der Waals surface area contributed by atoms with Gasteiger partial charge in [-0.2, -0.15) is 0 Å². The normalized spacial score (nSPS) is 42.5. The molecule has 4 aliphatic carbocycles. The van der Waals surface area contributed by atoms with E-state index >= 15 is 0 Å². The van der Waals surface area contributed by atoms with Crippen molar-refractivity contribution in [3.05, 3.63) is 28.8 Å². The molecule has 6 nitrogen and oxygen atoms in total. The van der Waals surface area contributed by atoms with Crippen molar-refractivity contribution >= 4 is 23.2 Å². The summed E-state index contributed by atoms with van der Waals surface area (Å²) in [7, 11) is 0. The number of para-hydroxylation sites is 1. The maximum atomic E-state index is 13.3. The largest absolute Gasteiger partial charge is 0.393 e. The highest BCUT2D eigenvalue weighted by atomic mass is 35.5. The number of halogens is 1. The molecule has 0 spiro atoms. The highest BCUT2D eigenvalue weighted by Crippen LogP contribution is 2.68. The number of hydrogen-bond acceptors (Lipinski definition) is 5. The lowest BCUT2D eigenvalue weighted by Crippen LogP contribution is -2.62. The molecule has 5 fully saturated rings. The van der Waals surface area contributed by atoms with Crippen LogP contribution in [0.1, 0.15) is 84.1 Å². The Morgan fingerprint density at radius 2 is 1.76 bits per heavy atom. The number of rotatable bonds is 5. The fourth-order valence-electron chi connectivity index (χ4n) is 11.0. The molecule has 6 rings (SSSR count). The third-order valence-electron chi connectivity index (χ3n) is 13.5. The van der Waals surface area contributed by atoms with Gasteiger partial charge >= 0.3 is 0 Å². The van der Waals surface area contributed by atoms with E-state index in [0.29, 0.717) is 36.0 Å². The number of nitrogens with zero attached hydrogens (tertiary/aromatic N) is 2. The summed E-state index contributed by atoms with van der Waals surface area (Å²) in [6.07, 6.45) is 6.71. The third kappa shape index (κ3) is 5.01. The Kier molecular flexibility index (Phi) is 8.43. The second kappa shape index (κ2) is 11.5. The molecule has 0 unspecified atom stereocenters. The van der Waals surface area contributed by atoms with Crippen molar-refractivity contribution in [3.8, 4) is 0 Å². The number of amides is 1. The smallest absolute Gasteiger partial charge is 0.222 e. The van der Waals surface area contributed by atoms with Gasteiger partial charge in [-0.3, -0.25) is 4.79 Å². The second-order valence-electron chi connectivity index (χ2n) is 15.3. The third-order valence-corrected chi connectivity index (χ3v) is 13.8. The van der Waals surface area contributed by atoms with Gasteiger partial charge in [0.15, 0.2) is 0 Å². The van der Waals surface area contributed by atoms with E-state index in [-0.39, 0.29) is 41.0 Å². The van der Waals surface area contributed by atoms with E-state index in [0.717, 1.165) is 88.3 Å². The number of fused-ring (bicyclic) bond motifs is 5. The first kappa shape index (κ1) is 30.7. The number of carbonyl (C=O) groups is 1. The summed E-state index contributed by atoms with van der Waals surface area (Å²) >= 11 is 6.50. The van der Waals surface area contributed by atoms with Crippen LogP contribution in [0.5, 0.6) is 0 Å². The lowest BCUT2D eigenvalue weighted by molar-refractivity contribution is -0.207. The van der Waals surface area contributed by atoms with Gasteiger partial charge in [0.05, 0.1) is 29.0 Å². The highest BCUT2D eigenvalue weighted by molar-refractivity contribution is 6.33. The van der Waals surface area contributed by atoms with Crippen LogP contribution in [0.2, 0.25) is 5.02 Å². The number of anilines is 1. The van der Waals surface area contributed by atoms with Crippen LogP contribution in [0, 0.1) is 53.3 Å². The zero-order valence-electron chi connectivity index (χ0n) is 26.1. The van der Waals surface area contributed by atoms with Crippen molar-refractivity contribution in [2.45, 2.75) is 104 Å². The minimum atomic E-state index is -0.384. The number of aliphatic hydroxyl groups excluding tert-OH is 3. The van der Waals surface area contributed by atoms with E-state index in [9.17, 15) is 20.1 Å². The zero-order valence-corrected chi connectivity index (χ0v) is 26.9. The number of hydrogen-bond donors (Lipinski definition) is 3. The maximum Gasteiger partial charge on any atom is 0.222 e. The predicted molar refractivity (Wildman–Crippen MR) is 167 cm³/mol. The number of carbonyl (C=O) groups excluding carboxylic acids is 1. The first-order valence-electron chi connectivity index (χ1n) is 16.8. The van der Waals surface area contributed by atoms with E-state index in [1.54, 1.807) is 0 Å². The average Bonchev–Trinajstić information content (AvgIpc) is 3.32. The lowest BCUT2D eigenvalue weighted by Gasteiger charge is -2.63. The minimum Gasteiger partial charge on any atom is -0.393 e. The van der Waals surface area contributed by atoms with Crippen LogP contribution in [0.4, 0.5) is 5.69 Å². The van der Waals surface area contributed by atoms with Crippen LogP contribution in [0.15, 0.2) is 18.2 Å². The maximum absolute atomic E-state index is 13.3. The molecular formula is C35H53ClN2O4. The molecule has 11 atom stereocenters. The first-order chi connectivity index (χ1) is 19.9. The predicted octanol–water partition coefficient (Wildman–Crippen LogP) is 5.67. The Balaban J connectivity index is 1.08. The Hall–Kier alpha value is -1.34. The van der Waals surface area contributed by atoms with Gasteiger partial charge in [0.2, 0.25) is 5.91 Å². The molecule has 0 bridgehead atoms. The fraction of sp³-hybridized carbons (Fsp3) is 0.800. The lowest BCUT2D eigenvalue weighted by atomic mass is 9.43. The van der Waals surface area contributed by atoms with Crippen LogP contribution in [0.3, 0.4) is 0 Å². The van der Waals surface area contributed by atoms with Crippen molar-refractivity contribution < 1.29 is 20.1 Å². The van der Waals surface area contributed by atoms with E-state index in [1.165, 1.54) is 5.56 Å². The van der Waals surface area contributed by atoms with E-state index in [2.05, 4.69) is 38.7 Å². The number of benzene rings is 1. The molecule has 0 aromatic heterocycles. The molecule has 1 amide bonds. The highest BCUT2D eigenvalue weighted by Gasteiger charge is 2.65. The molecule has 3 N–H and O–H groups in total. The Labute approximate surface area is 257 Å². The molecule has 1 aliphatic heterocycles. The summed E-state index contributed by atoms with van der Waals surface area (Å²) in [6, 6.07) is 6.01. The van der Waals surface area contributed by atoms with E-state index in [1.807, 2.05) is 17.0 Å². The van der Waals surface area contributed by atoms with Crippen LogP contribution < -0.4 is 4.90 Å². The number of aryl methyl sites for hydroxylation is 1. The van der Waals surface area contributed by atoms with E-state index < -0.39 is 0 Å². The fourth-order valence-corrected chi connectivity index (χ4v) is 11.4. The zero-order chi connectivity index (χ0) is 30.0. The van der Waals surface area contributed by atoms with E-state index in [4.69, 9.17) is 11.6 Å². The standard InChI is InChI=1S/C35H53ClN2O4/c1-21(8-11-31(42)37-14-16-38(17-15-37)33-22(2)6-5-7-28(33)36)25-9-10-26-32-27(20-30(41)35(25,26)4)34(3)13-12-24(39)18-23(34)19-29(32)40/h5-7,21,23-27,29-30,32,39-41H,8-20H2,1-4H3/t21-,23+,24-,25-,26+,27+,29-,30+,32+,34+,35-/m1/s1. The molecule has 4 saturated carbocycles. The number of piperazine rings is 1. The average molecular weight is 601 g/mol. The van der Waals surface area contributed by atoms with Gasteiger partial charge in [0.25, 0.3) is 0 Å². The molecule has 1 saturated heterocycles. The van der Waals surface area contributed by atoms with Crippen molar-refractivity contribution in [1.29, 1.82) is 0 Å². The van der Waals surface area contributed by atoms with Crippen molar-refractivity contribution in [1.82, 2.24) is 4.90 Å². The van der Waals surface area contributed by atoms with Crippen LogP contribution in [-0.4, -0.2) is 70.6 Å². The Morgan fingerprint density at radius 1 is 1.02 bits per heavy atom. The molecular weight excluding hydrogens is 548 g/mol. The van der Waals surface area contributed by atoms with Crippen LogP contribution >= 0.6 is 11.6 Å². The Bertz CT molecular complexity index is 1140. The minimum absolute atomic E-state index is 0.0934. The van der Waals surface area contributed by atoms with Gasteiger partial charge in [-0.05, 0) is 116 Å². The topological polar surface area (TPSA) is 84.2 Å². The van der Waals surface area contributed by atoms with Gasteiger partial charge in [-0.1, -0.05) is 44.5 Å². The van der Waals surface area contributed by atoms with Crippen molar-refractivity contribution in [2.24, 2.45) is 46.3 Å². The molecule has 1 aromatic carbocycles. The van der Waals surface area contributed by atoms with Crippen LogP contribution in [0.25, 0.3) is 0 Å². The summed E-state index contributed by atoms with van der Waals surface area (Å²) in [4.78, 5) is 17.6. The molecule has 7 heteroatoms. The molecule has 234 valence electrons. The number of aliphatic hydroxyl groups is 3. The molecule has 5 aliphatic rings. The van der Waals surface area contributed by atoms with Gasteiger partial charge in [-0.25, -0.2) is 0 Å². The SMILES string of the molecule is Cc1cccc(Cl)c1N1CCN(C(=O)CC[C@@H](C)[C@H]2CC[C@H]3[C@@H]4[C@H](O)C[C@@H]5C[C@H](O)CC[C@]5(C)[C@H]4C[C@H](O)[C@]23C)CC1. The Morgan fingerprint density at radius 3 is 2.48 bits per heavy atom. The molecule has 1 aromatic rings. The quantitative estimate of drug-likeness (QED) is 0.405. The van der Waals surface area contributed by atoms with Gasteiger partial charge in [-0.15, -0.1) is 0 Å². The first-order valence-corrected chi connectivity index (χ1v) is 17.1. The van der Waals surface area contributed by atoms with Crippen LogP contribution in [-0.2, 0) is 4.79 Å². The summed E-state index contributed by atoms with van der Waals surface area (Å²) < 4.78 is 0. The second-order valence-corrected chi connectivity index (χ2v) is 15.7. The molecule has 1 heterocycles. The summed E-state index contributed by atoms with van der Waals surface area (Å²) in [5.41, 5.74) is 2.13. The monoisotopic (exact) mass is 600 g/mol. The van der Waals surface area contributed by atoms with Gasteiger partial charge < -0.3 is 25.1 Å². The summed E-state index contributed by atoms with van der Waals surface area (Å²) in [6.45, 7) is 12.1. The van der Waals surface area contributed by atoms with Gasteiger partial charge in [0.1, 0.15) is 0 Å². The van der Waals surface area contributed by atoms with Crippen molar-refractivity contribution in [3.63, 3.8) is 0 Å². The molecule has 0 radical (unpaired) electrons. The summed E-state index contributed by atoms with van der Waals surface area (Å²) in [5.74, 6) is 2.14. The van der Waals surface area contributed by atoms with Crippen molar-refractivity contribution in [2.75, 3.05) is 31.1 Å². The summed E-state index contributed by atoms with van der Waals surface area (Å²) in [5, 5.41) is 34.5. The molecule has 42 heavy (non-hydrogen) atoms.